The van der Waals surface area contributed by atoms with Gasteiger partial charge in [-0.05, 0) is 18.1 Å². The van der Waals surface area contributed by atoms with E-state index in [2.05, 4.69) is 48.6 Å². The van der Waals surface area contributed by atoms with Gasteiger partial charge in [-0.2, -0.15) is 0 Å². The Balaban J connectivity index is 2.12. The van der Waals surface area contributed by atoms with Gasteiger partial charge in [-0.1, -0.05) is 27.7 Å². The van der Waals surface area contributed by atoms with Crippen LogP contribution in [0.15, 0.2) is 0 Å². The van der Waals surface area contributed by atoms with E-state index in [-0.39, 0.29) is 28.7 Å². The van der Waals surface area contributed by atoms with Crippen LogP contribution in [0.3, 0.4) is 0 Å². The van der Waals surface area contributed by atoms with Gasteiger partial charge >= 0.3 is 0 Å². The van der Waals surface area contributed by atoms with Crippen LogP contribution in [-0.2, 0) is 18.2 Å². The minimum absolute atomic E-state index is 0.0857. The van der Waals surface area contributed by atoms with Crippen molar-refractivity contribution in [1.29, 1.82) is 0 Å². The van der Waals surface area contributed by atoms with Crippen LogP contribution in [0.1, 0.15) is 27.7 Å². The van der Waals surface area contributed by atoms with Gasteiger partial charge in [0.1, 0.15) is 13.4 Å². The van der Waals surface area contributed by atoms with Gasteiger partial charge in [-0.15, -0.1) is 0 Å². The average Bonchev–Trinajstić information content (AvgIpc) is 2.57. The molecule has 0 saturated carbocycles. The molecule has 3 atom stereocenters. The Morgan fingerprint density at radius 3 is 2.24 bits per heavy atom. The van der Waals surface area contributed by atoms with E-state index in [1.807, 2.05) is 6.66 Å². The molecular weight excluding hydrogens is 302 g/mol. The second-order valence-corrected chi connectivity index (χ2v) is 14.2. The fraction of sp³-hybridized carbons (Fsp3) is 1.00. The summed E-state index contributed by atoms with van der Waals surface area (Å²) in [4.78, 5) is 0. The smallest absolute Gasteiger partial charge is 0.192 e. The highest BCUT2D eigenvalue weighted by atomic mass is 31.2. The van der Waals surface area contributed by atoms with Gasteiger partial charge in [0, 0.05) is 18.6 Å². The Morgan fingerprint density at radius 2 is 1.76 bits per heavy atom. The Hall–Kier alpha value is 0.552. The maximum Gasteiger partial charge on any atom is 0.192 e. The van der Waals surface area contributed by atoms with Crippen LogP contribution in [0.2, 0.25) is 18.1 Å². The summed E-state index contributed by atoms with van der Waals surface area (Å²) in [5.74, 6) is 0.283. The lowest BCUT2D eigenvalue weighted by Gasteiger charge is -2.42. The molecule has 0 aromatic carbocycles. The first-order valence-electron chi connectivity index (χ1n) is 7.84. The first kappa shape index (κ1) is 17.9. The molecule has 2 fully saturated rings. The lowest BCUT2D eigenvalue weighted by atomic mass is 9.83. The molecule has 0 bridgehead atoms. The van der Waals surface area contributed by atoms with E-state index in [1.54, 1.807) is 0 Å². The molecule has 2 rings (SSSR count). The van der Waals surface area contributed by atoms with Gasteiger partial charge in [-0.3, -0.25) is 0 Å². The van der Waals surface area contributed by atoms with E-state index < -0.39 is 16.7 Å². The Kier molecular flexibility index (Phi) is 5.01. The van der Waals surface area contributed by atoms with Crippen LogP contribution in [0.5, 0.6) is 0 Å². The van der Waals surface area contributed by atoms with E-state index in [0.717, 1.165) is 0 Å². The normalized spacial score (nSPS) is 41.7. The third kappa shape index (κ3) is 3.41. The highest BCUT2D eigenvalue weighted by Gasteiger charge is 2.55. The number of rotatable bonds is 2. The molecule has 2 heterocycles. The van der Waals surface area contributed by atoms with Crippen molar-refractivity contribution < 1.29 is 18.2 Å². The summed E-state index contributed by atoms with van der Waals surface area (Å²) in [6.07, 6.45) is 0.124. The standard InChI is InChI=1S/C14H30BO4PSi/c1-10-11(19-21(6,7)13(2,3)4)12(15)18-14(10)8-16-20(5)17-9-14/h10-12H,8-9,15H2,1-7H3/t10-,11?,12-,14?,20?/m1/s1. The molecule has 4 nitrogen and oxygen atoms in total. The average molecular weight is 332 g/mol. The van der Waals surface area contributed by atoms with Crippen LogP contribution < -0.4 is 0 Å². The summed E-state index contributed by atoms with van der Waals surface area (Å²) in [5.41, 5.74) is -0.332. The molecule has 0 aromatic heterocycles. The molecule has 122 valence electrons. The summed E-state index contributed by atoms with van der Waals surface area (Å²) in [5, 5.41) is 0.208. The van der Waals surface area contributed by atoms with E-state index in [0.29, 0.717) is 13.2 Å². The summed E-state index contributed by atoms with van der Waals surface area (Å²) in [6.45, 7) is 16.9. The predicted octanol–water partition coefficient (Wildman–Crippen LogP) is 2.73. The Bertz CT molecular complexity index is 380. The first-order chi connectivity index (χ1) is 9.48. The molecule has 0 N–H and O–H groups in total. The number of hydrogen-bond acceptors (Lipinski definition) is 4. The van der Waals surface area contributed by atoms with Crippen LogP contribution in [0, 0.1) is 5.92 Å². The summed E-state index contributed by atoms with van der Waals surface area (Å²) >= 11 is 0. The number of hydrogen-bond donors (Lipinski definition) is 0. The second-order valence-electron chi connectivity index (χ2n) is 8.01. The zero-order valence-electron chi connectivity index (χ0n) is 14.7. The van der Waals surface area contributed by atoms with E-state index >= 15 is 0 Å². The summed E-state index contributed by atoms with van der Waals surface area (Å²) in [7, 11) is -0.426. The van der Waals surface area contributed by atoms with Gasteiger partial charge in [0.2, 0.25) is 0 Å². The SMILES string of the molecule is B[C@@H]1OC2(COP(C)OC2)[C@H](C)C1O[Si](C)(C)C(C)(C)C. The van der Waals surface area contributed by atoms with Crippen LogP contribution in [0.25, 0.3) is 0 Å². The molecule has 1 unspecified atom stereocenters. The molecular formula is C14H30BO4PSi. The highest BCUT2D eigenvalue weighted by Crippen LogP contribution is 2.49. The largest absolute Gasteiger partial charge is 0.412 e. The molecule has 2 aliphatic rings. The van der Waals surface area contributed by atoms with Crippen LogP contribution in [-0.4, -0.2) is 53.8 Å². The van der Waals surface area contributed by atoms with Crippen LogP contribution in [0.4, 0.5) is 0 Å². The summed E-state index contributed by atoms with van der Waals surface area (Å²) < 4.78 is 24.4. The monoisotopic (exact) mass is 332 g/mol. The molecule has 0 radical (unpaired) electrons. The third-order valence-corrected chi connectivity index (χ3v) is 10.9. The van der Waals surface area contributed by atoms with E-state index in [4.69, 9.17) is 18.2 Å². The highest BCUT2D eigenvalue weighted by molar-refractivity contribution is 7.46. The molecule has 2 saturated heterocycles. The third-order valence-electron chi connectivity index (χ3n) is 5.42. The van der Waals surface area contributed by atoms with Crippen molar-refractivity contribution in [2.45, 2.75) is 63.5 Å². The van der Waals surface area contributed by atoms with Crippen molar-refractivity contribution in [2.75, 3.05) is 19.9 Å². The zero-order chi connectivity index (χ0) is 16.1. The van der Waals surface area contributed by atoms with Gasteiger partial charge in [-0.25, -0.2) is 0 Å². The van der Waals surface area contributed by atoms with Gasteiger partial charge in [0.15, 0.2) is 16.7 Å². The maximum absolute atomic E-state index is 6.65. The predicted molar refractivity (Wildman–Crippen MR) is 92.1 cm³/mol. The second kappa shape index (κ2) is 5.88. The first-order valence-corrected chi connectivity index (χ1v) is 12.4. The van der Waals surface area contributed by atoms with Crippen molar-refractivity contribution in [3.63, 3.8) is 0 Å². The fourth-order valence-corrected chi connectivity index (χ4v) is 5.08. The van der Waals surface area contributed by atoms with Crippen LogP contribution >= 0.6 is 8.38 Å². The quantitative estimate of drug-likeness (QED) is 0.576. The van der Waals surface area contributed by atoms with E-state index in [1.165, 1.54) is 0 Å². The van der Waals surface area contributed by atoms with Gasteiger partial charge in [0.25, 0.3) is 0 Å². The minimum atomic E-state index is -1.80. The fourth-order valence-electron chi connectivity index (χ4n) is 2.78. The van der Waals surface area contributed by atoms with Crippen molar-refractivity contribution in [1.82, 2.24) is 0 Å². The lowest BCUT2D eigenvalue weighted by Crippen LogP contribution is -2.50. The van der Waals surface area contributed by atoms with Gasteiger partial charge in [0.05, 0.1) is 19.3 Å². The van der Waals surface area contributed by atoms with Gasteiger partial charge < -0.3 is 18.2 Å². The van der Waals surface area contributed by atoms with Crippen molar-refractivity contribution in [2.24, 2.45) is 5.92 Å². The Morgan fingerprint density at radius 1 is 1.24 bits per heavy atom. The summed E-state index contributed by atoms with van der Waals surface area (Å²) in [6, 6.07) is 0.0857. The van der Waals surface area contributed by atoms with Crippen molar-refractivity contribution in [3.05, 3.63) is 0 Å². The molecule has 21 heavy (non-hydrogen) atoms. The molecule has 0 amide bonds. The molecule has 7 heteroatoms. The number of ether oxygens (including phenoxy) is 1. The van der Waals surface area contributed by atoms with Crippen molar-refractivity contribution >= 4 is 24.5 Å². The molecule has 2 aliphatic heterocycles. The lowest BCUT2D eigenvalue weighted by molar-refractivity contribution is -0.106. The maximum atomic E-state index is 6.65. The molecule has 0 aromatic rings. The Labute approximate surface area is 132 Å². The zero-order valence-corrected chi connectivity index (χ0v) is 16.6. The molecule has 0 aliphatic carbocycles. The minimum Gasteiger partial charge on any atom is -0.412 e. The van der Waals surface area contributed by atoms with E-state index in [9.17, 15) is 0 Å². The topological polar surface area (TPSA) is 36.9 Å². The van der Waals surface area contributed by atoms with Crippen molar-refractivity contribution in [3.8, 4) is 0 Å². The molecule has 1 spiro atoms.